The van der Waals surface area contributed by atoms with Crippen molar-refractivity contribution in [2.45, 2.75) is 20.8 Å². The molecule has 1 aromatic carbocycles. The Labute approximate surface area is 138 Å². The summed E-state index contributed by atoms with van der Waals surface area (Å²) >= 11 is 0. The first kappa shape index (κ1) is 17.5. The molecule has 1 aliphatic rings. The van der Waals surface area contributed by atoms with Gasteiger partial charge in [-0.3, -0.25) is 4.90 Å². The van der Waals surface area contributed by atoms with Crippen molar-refractivity contribution in [3.8, 4) is 0 Å². The minimum atomic E-state index is -0.162. The second-order valence-electron chi connectivity index (χ2n) is 6.04. The first-order valence-electron chi connectivity index (χ1n) is 8.16. The highest BCUT2D eigenvalue weighted by Crippen LogP contribution is 2.19. The van der Waals surface area contributed by atoms with Crippen LogP contribution in [0.5, 0.6) is 0 Å². The van der Waals surface area contributed by atoms with Gasteiger partial charge in [-0.05, 0) is 44.0 Å². The first-order chi connectivity index (χ1) is 11.1. The van der Waals surface area contributed by atoms with Crippen LogP contribution in [0.1, 0.15) is 26.3 Å². The lowest BCUT2D eigenvalue weighted by Crippen LogP contribution is -2.42. The van der Waals surface area contributed by atoms with Crippen LogP contribution in [0.25, 0.3) is 5.57 Å². The Hall–Kier alpha value is -1.85. The van der Waals surface area contributed by atoms with Crippen molar-refractivity contribution >= 4 is 17.3 Å². The molecule has 23 heavy (non-hydrogen) atoms. The maximum absolute atomic E-state index is 11.9. The number of hydrogen-bond donors (Lipinski definition) is 2. The Balaban J connectivity index is 1.75. The third-order valence-corrected chi connectivity index (χ3v) is 4.14. The lowest BCUT2D eigenvalue weighted by atomic mass is 10.0. The van der Waals surface area contributed by atoms with Crippen molar-refractivity contribution in [1.29, 1.82) is 0 Å². The van der Waals surface area contributed by atoms with E-state index in [2.05, 4.69) is 36.3 Å². The monoisotopic (exact) mass is 317 g/mol. The number of rotatable bonds is 5. The molecule has 1 saturated heterocycles. The fourth-order valence-electron chi connectivity index (χ4n) is 2.42. The van der Waals surface area contributed by atoms with Crippen LogP contribution >= 0.6 is 0 Å². The molecule has 0 spiro atoms. The van der Waals surface area contributed by atoms with Gasteiger partial charge in [-0.2, -0.15) is 0 Å². The number of amides is 2. The molecule has 5 heteroatoms. The van der Waals surface area contributed by atoms with E-state index < -0.39 is 0 Å². The van der Waals surface area contributed by atoms with Gasteiger partial charge in [-0.1, -0.05) is 17.7 Å². The van der Waals surface area contributed by atoms with E-state index in [-0.39, 0.29) is 6.03 Å². The zero-order chi connectivity index (χ0) is 16.7. The van der Waals surface area contributed by atoms with Gasteiger partial charge in [0.1, 0.15) is 0 Å². The van der Waals surface area contributed by atoms with Gasteiger partial charge in [0.05, 0.1) is 13.2 Å². The molecule has 0 radical (unpaired) electrons. The van der Waals surface area contributed by atoms with Crippen molar-refractivity contribution in [1.82, 2.24) is 10.2 Å². The predicted molar refractivity (Wildman–Crippen MR) is 94.7 cm³/mol. The number of nitrogens with one attached hydrogen (secondary N) is 2. The van der Waals surface area contributed by atoms with Crippen LogP contribution in [0.4, 0.5) is 10.5 Å². The Morgan fingerprint density at radius 2 is 1.78 bits per heavy atom. The number of hydrogen-bond acceptors (Lipinski definition) is 3. The molecular formula is C18H27N3O2. The van der Waals surface area contributed by atoms with E-state index in [1.807, 2.05) is 24.3 Å². The molecule has 2 amide bonds. The van der Waals surface area contributed by atoms with Gasteiger partial charge >= 0.3 is 6.03 Å². The minimum absolute atomic E-state index is 0.162. The minimum Gasteiger partial charge on any atom is -0.379 e. The van der Waals surface area contributed by atoms with Gasteiger partial charge in [0, 0.05) is 31.9 Å². The highest BCUT2D eigenvalue weighted by Gasteiger charge is 2.10. The third-order valence-electron chi connectivity index (χ3n) is 4.14. The summed E-state index contributed by atoms with van der Waals surface area (Å²) in [5.41, 5.74) is 4.56. The summed E-state index contributed by atoms with van der Waals surface area (Å²) in [5.74, 6) is 0. The zero-order valence-corrected chi connectivity index (χ0v) is 14.3. The molecule has 0 saturated carbocycles. The van der Waals surface area contributed by atoms with Crippen LogP contribution in [-0.4, -0.2) is 50.3 Å². The molecule has 1 heterocycles. The van der Waals surface area contributed by atoms with Gasteiger partial charge in [-0.15, -0.1) is 0 Å². The highest BCUT2D eigenvalue weighted by atomic mass is 16.5. The lowest BCUT2D eigenvalue weighted by Gasteiger charge is -2.26. The fraction of sp³-hybridized carbons (Fsp3) is 0.500. The van der Waals surface area contributed by atoms with Gasteiger partial charge in [0.2, 0.25) is 0 Å². The third kappa shape index (κ3) is 5.69. The number of ether oxygens (including phenoxy) is 1. The van der Waals surface area contributed by atoms with Crippen molar-refractivity contribution < 1.29 is 9.53 Å². The SMILES string of the molecule is CC(C)=C(C)c1ccc(NC(=O)NCCN2CCOCC2)cc1. The van der Waals surface area contributed by atoms with Crippen LogP contribution in [0, 0.1) is 0 Å². The summed E-state index contributed by atoms with van der Waals surface area (Å²) in [6.45, 7) is 11.2. The molecule has 0 unspecified atom stereocenters. The number of benzene rings is 1. The first-order valence-corrected chi connectivity index (χ1v) is 8.16. The van der Waals surface area contributed by atoms with Gasteiger partial charge in [-0.25, -0.2) is 4.79 Å². The number of urea groups is 1. The summed E-state index contributed by atoms with van der Waals surface area (Å²) in [6.07, 6.45) is 0. The van der Waals surface area contributed by atoms with Crippen LogP contribution in [0.15, 0.2) is 29.8 Å². The second kappa shape index (κ2) is 8.70. The van der Waals surface area contributed by atoms with Gasteiger partial charge in [0.25, 0.3) is 0 Å². The summed E-state index contributed by atoms with van der Waals surface area (Å²) in [5, 5.41) is 5.76. The van der Waals surface area contributed by atoms with Crippen molar-refractivity contribution in [2.75, 3.05) is 44.7 Å². The smallest absolute Gasteiger partial charge is 0.319 e. The fourth-order valence-corrected chi connectivity index (χ4v) is 2.42. The number of carbonyl (C=O) groups excluding carboxylic acids is 1. The molecule has 0 aromatic heterocycles. The standard InChI is InChI=1S/C18H27N3O2/c1-14(2)15(3)16-4-6-17(7-5-16)20-18(22)19-8-9-21-10-12-23-13-11-21/h4-7H,8-13H2,1-3H3,(H2,19,20,22). The number of carbonyl (C=O) groups is 1. The normalized spacial score (nSPS) is 15.1. The van der Waals surface area contributed by atoms with E-state index in [4.69, 9.17) is 4.74 Å². The molecule has 126 valence electrons. The van der Waals surface area contributed by atoms with E-state index >= 15 is 0 Å². The van der Waals surface area contributed by atoms with E-state index in [0.29, 0.717) is 6.54 Å². The topological polar surface area (TPSA) is 53.6 Å². The highest BCUT2D eigenvalue weighted by molar-refractivity contribution is 5.89. The quantitative estimate of drug-likeness (QED) is 0.878. The number of morpholine rings is 1. The van der Waals surface area contributed by atoms with Crippen LogP contribution in [-0.2, 0) is 4.74 Å². The largest absolute Gasteiger partial charge is 0.379 e. The summed E-state index contributed by atoms with van der Waals surface area (Å²) in [6, 6.07) is 7.77. The molecule has 1 aromatic rings. The van der Waals surface area contributed by atoms with Crippen molar-refractivity contribution in [3.05, 3.63) is 35.4 Å². The number of nitrogens with zero attached hydrogens (tertiary/aromatic N) is 1. The molecule has 2 rings (SSSR count). The Kier molecular flexibility index (Phi) is 6.62. The Morgan fingerprint density at radius 3 is 2.39 bits per heavy atom. The summed E-state index contributed by atoms with van der Waals surface area (Å²) in [7, 11) is 0. The van der Waals surface area contributed by atoms with E-state index in [9.17, 15) is 4.79 Å². The molecule has 0 atom stereocenters. The molecule has 0 bridgehead atoms. The second-order valence-corrected chi connectivity index (χ2v) is 6.04. The maximum Gasteiger partial charge on any atom is 0.319 e. The average molecular weight is 317 g/mol. The Bertz CT molecular complexity index is 542. The Morgan fingerprint density at radius 1 is 1.13 bits per heavy atom. The predicted octanol–water partition coefficient (Wildman–Crippen LogP) is 2.95. The number of anilines is 1. The van der Waals surface area contributed by atoms with E-state index in [0.717, 1.165) is 38.5 Å². The zero-order valence-electron chi connectivity index (χ0n) is 14.3. The molecular weight excluding hydrogens is 290 g/mol. The molecule has 1 fully saturated rings. The molecule has 2 N–H and O–H groups in total. The van der Waals surface area contributed by atoms with E-state index in [1.54, 1.807) is 0 Å². The van der Waals surface area contributed by atoms with Crippen LogP contribution in [0.3, 0.4) is 0 Å². The van der Waals surface area contributed by atoms with Gasteiger partial charge in [0.15, 0.2) is 0 Å². The molecule has 0 aliphatic carbocycles. The molecule has 1 aliphatic heterocycles. The van der Waals surface area contributed by atoms with Crippen molar-refractivity contribution in [2.24, 2.45) is 0 Å². The average Bonchev–Trinajstić information content (AvgIpc) is 2.56. The van der Waals surface area contributed by atoms with Crippen molar-refractivity contribution in [3.63, 3.8) is 0 Å². The van der Waals surface area contributed by atoms with Crippen LogP contribution in [0.2, 0.25) is 0 Å². The summed E-state index contributed by atoms with van der Waals surface area (Å²) < 4.78 is 5.30. The summed E-state index contributed by atoms with van der Waals surface area (Å²) in [4.78, 5) is 14.2. The maximum atomic E-state index is 11.9. The number of allylic oxidation sites excluding steroid dienone is 2. The lowest BCUT2D eigenvalue weighted by molar-refractivity contribution is 0.0388. The van der Waals surface area contributed by atoms with Gasteiger partial charge < -0.3 is 15.4 Å². The molecule has 5 nitrogen and oxygen atoms in total. The van der Waals surface area contributed by atoms with E-state index in [1.165, 1.54) is 16.7 Å². The van der Waals surface area contributed by atoms with Crippen LogP contribution < -0.4 is 10.6 Å².